The number of rotatable bonds is 7. The number of nitriles is 1. The molecule has 0 amide bonds. The SMILES string of the molecule is CCNC1(C#N)CCCC1CCN(C)CC1CCCCC1. The fourth-order valence-electron chi connectivity index (χ4n) is 4.48. The highest BCUT2D eigenvalue weighted by molar-refractivity contribution is 5.14. The van der Waals surface area contributed by atoms with Gasteiger partial charge in [-0.3, -0.25) is 5.32 Å². The van der Waals surface area contributed by atoms with E-state index in [1.807, 2.05) is 0 Å². The van der Waals surface area contributed by atoms with E-state index in [0.717, 1.165) is 25.4 Å². The van der Waals surface area contributed by atoms with E-state index in [0.29, 0.717) is 5.92 Å². The summed E-state index contributed by atoms with van der Waals surface area (Å²) in [6.45, 7) is 5.43. The minimum atomic E-state index is -0.236. The molecule has 3 heteroatoms. The zero-order valence-electron chi connectivity index (χ0n) is 14.0. The van der Waals surface area contributed by atoms with Crippen LogP contribution in [0.4, 0.5) is 0 Å². The lowest BCUT2D eigenvalue weighted by molar-refractivity contribution is 0.207. The summed E-state index contributed by atoms with van der Waals surface area (Å²) in [5, 5.41) is 13.1. The van der Waals surface area contributed by atoms with Gasteiger partial charge >= 0.3 is 0 Å². The Balaban J connectivity index is 1.77. The van der Waals surface area contributed by atoms with Crippen LogP contribution in [0.1, 0.15) is 64.7 Å². The van der Waals surface area contributed by atoms with Crippen molar-refractivity contribution in [2.24, 2.45) is 11.8 Å². The fourth-order valence-corrected chi connectivity index (χ4v) is 4.48. The Morgan fingerprint density at radius 2 is 1.95 bits per heavy atom. The maximum Gasteiger partial charge on any atom is 0.109 e. The summed E-state index contributed by atoms with van der Waals surface area (Å²) in [4.78, 5) is 2.52. The van der Waals surface area contributed by atoms with Crippen LogP contribution in [0.25, 0.3) is 0 Å². The van der Waals surface area contributed by atoms with Crippen LogP contribution < -0.4 is 5.32 Å². The molecule has 2 rings (SSSR count). The van der Waals surface area contributed by atoms with Gasteiger partial charge in [0.2, 0.25) is 0 Å². The van der Waals surface area contributed by atoms with Gasteiger partial charge in [0.25, 0.3) is 0 Å². The average molecular weight is 291 g/mol. The van der Waals surface area contributed by atoms with Gasteiger partial charge in [-0.15, -0.1) is 0 Å². The standard InChI is InChI=1S/C18H33N3/c1-3-20-18(15-19)12-7-10-17(18)11-13-21(2)14-16-8-5-4-6-9-16/h16-17,20H,3-14H2,1-2H3. The molecule has 0 saturated heterocycles. The topological polar surface area (TPSA) is 39.1 Å². The van der Waals surface area contributed by atoms with Crippen LogP contribution in [-0.4, -0.2) is 37.1 Å². The van der Waals surface area contributed by atoms with Crippen molar-refractivity contribution in [1.29, 1.82) is 5.26 Å². The molecule has 2 fully saturated rings. The molecule has 21 heavy (non-hydrogen) atoms. The monoisotopic (exact) mass is 291 g/mol. The van der Waals surface area contributed by atoms with Crippen molar-refractivity contribution >= 4 is 0 Å². The van der Waals surface area contributed by atoms with Crippen molar-refractivity contribution in [2.75, 3.05) is 26.7 Å². The zero-order valence-corrected chi connectivity index (χ0v) is 14.0. The fraction of sp³-hybridized carbons (Fsp3) is 0.944. The quantitative estimate of drug-likeness (QED) is 0.779. The van der Waals surface area contributed by atoms with Gasteiger partial charge in [-0.1, -0.05) is 32.6 Å². The second kappa shape index (κ2) is 8.15. The predicted molar refractivity (Wildman–Crippen MR) is 88.1 cm³/mol. The zero-order chi connectivity index (χ0) is 15.1. The van der Waals surface area contributed by atoms with E-state index in [-0.39, 0.29) is 5.54 Å². The third kappa shape index (κ3) is 4.44. The van der Waals surface area contributed by atoms with Gasteiger partial charge in [0, 0.05) is 6.54 Å². The van der Waals surface area contributed by atoms with Gasteiger partial charge in [-0.25, -0.2) is 0 Å². The summed E-state index contributed by atoms with van der Waals surface area (Å²) in [7, 11) is 2.27. The van der Waals surface area contributed by atoms with E-state index in [1.165, 1.54) is 57.9 Å². The molecule has 1 N–H and O–H groups in total. The summed E-state index contributed by atoms with van der Waals surface area (Å²) in [5.74, 6) is 1.46. The molecule has 3 nitrogen and oxygen atoms in total. The predicted octanol–water partition coefficient (Wildman–Crippen LogP) is 3.56. The van der Waals surface area contributed by atoms with E-state index in [1.54, 1.807) is 0 Å². The van der Waals surface area contributed by atoms with Crippen molar-refractivity contribution in [2.45, 2.75) is 70.3 Å². The van der Waals surface area contributed by atoms with Crippen molar-refractivity contribution < 1.29 is 0 Å². The molecule has 2 aliphatic carbocycles. The second-order valence-corrected chi connectivity index (χ2v) is 7.26. The van der Waals surface area contributed by atoms with E-state index >= 15 is 0 Å². The lowest BCUT2D eigenvalue weighted by atomic mass is 9.85. The first kappa shape index (κ1) is 16.8. The number of nitrogens with zero attached hydrogens (tertiary/aromatic N) is 2. The Kier molecular flexibility index (Phi) is 6.51. The first-order valence-electron chi connectivity index (χ1n) is 9.05. The van der Waals surface area contributed by atoms with Crippen molar-refractivity contribution in [3.8, 4) is 6.07 Å². The normalized spacial score (nSPS) is 30.7. The number of nitrogens with one attached hydrogen (secondary N) is 1. The molecule has 0 aromatic carbocycles. The molecular weight excluding hydrogens is 258 g/mol. The van der Waals surface area contributed by atoms with E-state index in [2.05, 4.69) is 30.3 Å². The van der Waals surface area contributed by atoms with Crippen LogP contribution in [0.3, 0.4) is 0 Å². The molecule has 0 aromatic rings. The van der Waals surface area contributed by atoms with Crippen molar-refractivity contribution in [1.82, 2.24) is 10.2 Å². The highest BCUT2D eigenvalue weighted by atomic mass is 15.1. The molecule has 0 spiro atoms. The lowest BCUT2D eigenvalue weighted by Crippen LogP contribution is -2.47. The first-order chi connectivity index (χ1) is 10.2. The molecule has 0 aromatic heterocycles. The summed E-state index contributed by atoms with van der Waals surface area (Å²) >= 11 is 0. The van der Waals surface area contributed by atoms with Gasteiger partial charge in [0.15, 0.2) is 0 Å². The molecule has 0 bridgehead atoms. The minimum Gasteiger partial charge on any atom is -0.306 e. The van der Waals surface area contributed by atoms with Crippen LogP contribution in [0.15, 0.2) is 0 Å². The van der Waals surface area contributed by atoms with Crippen LogP contribution >= 0.6 is 0 Å². The largest absolute Gasteiger partial charge is 0.306 e. The van der Waals surface area contributed by atoms with Crippen LogP contribution in [0.5, 0.6) is 0 Å². The molecule has 0 radical (unpaired) electrons. The van der Waals surface area contributed by atoms with Gasteiger partial charge in [0.1, 0.15) is 5.54 Å². The molecule has 2 aliphatic rings. The van der Waals surface area contributed by atoms with Crippen LogP contribution in [0.2, 0.25) is 0 Å². The Hall–Kier alpha value is -0.590. The average Bonchev–Trinajstić information content (AvgIpc) is 2.90. The summed E-state index contributed by atoms with van der Waals surface area (Å²) in [6.07, 6.45) is 11.8. The number of hydrogen-bond donors (Lipinski definition) is 1. The number of hydrogen-bond acceptors (Lipinski definition) is 3. The maximum absolute atomic E-state index is 9.62. The Bertz CT molecular complexity index is 343. The highest BCUT2D eigenvalue weighted by Crippen LogP contribution is 2.37. The molecule has 120 valence electrons. The van der Waals surface area contributed by atoms with Crippen molar-refractivity contribution in [3.05, 3.63) is 0 Å². The Morgan fingerprint density at radius 1 is 1.19 bits per heavy atom. The second-order valence-electron chi connectivity index (χ2n) is 7.26. The van der Waals surface area contributed by atoms with Crippen LogP contribution in [0, 0.1) is 23.2 Å². The molecule has 0 heterocycles. The van der Waals surface area contributed by atoms with E-state index in [9.17, 15) is 5.26 Å². The first-order valence-corrected chi connectivity index (χ1v) is 9.05. The summed E-state index contributed by atoms with van der Waals surface area (Å²) in [6, 6.07) is 2.60. The third-order valence-corrected chi connectivity index (χ3v) is 5.67. The van der Waals surface area contributed by atoms with Gasteiger partial charge in [-0.2, -0.15) is 5.26 Å². The molecule has 2 unspecified atom stereocenters. The molecule has 2 atom stereocenters. The summed E-state index contributed by atoms with van der Waals surface area (Å²) in [5.41, 5.74) is -0.236. The highest BCUT2D eigenvalue weighted by Gasteiger charge is 2.42. The van der Waals surface area contributed by atoms with Crippen molar-refractivity contribution in [3.63, 3.8) is 0 Å². The summed E-state index contributed by atoms with van der Waals surface area (Å²) < 4.78 is 0. The van der Waals surface area contributed by atoms with Gasteiger partial charge < -0.3 is 4.90 Å². The molecular formula is C18H33N3. The lowest BCUT2D eigenvalue weighted by Gasteiger charge is -2.32. The van der Waals surface area contributed by atoms with E-state index in [4.69, 9.17) is 0 Å². The van der Waals surface area contributed by atoms with Crippen LogP contribution in [-0.2, 0) is 0 Å². The maximum atomic E-state index is 9.62. The van der Waals surface area contributed by atoms with E-state index < -0.39 is 0 Å². The Morgan fingerprint density at radius 3 is 2.62 bits per heavy atom. The third-order valence-electron chi connectivity index (χ3n) is 5.67. The van der Waals surface area contributed by atoms with Gasteiger partial charge in [-0.05, 0) is 64.1 Å². The molecule has 0 aliphatic heterocycles. The smallest absolute Gasteiger partial charge is 0.109 e. The molecule has 2 saturated carbocycles. The Labute approximate surface area is 131 Å². The van der Waals surface area contributed by atoms with Gasteiger partial charge in [0.05, 0.1) is 6.07 Å². The minimum absolute atomic E-state index is 0.236.